The summed E-state index contributed by atoms with van der Waals surface area (Å²) in [6.07, 6.45) is 1.89. The third-order valence-electron chi connectivity index (χ3n) is 1.69. The predicted octanol–water partition coefficient (Wildman–Crippen LogP) is 2.13. The summed E-state index contributed by atoms with van der Waals surface area (Å²) in [5.41, 5.74) is 0. The van der Waals surface area contributed by atoms with Crippen LogP contribution in [0.2, 0.25) is 0 Å². The Hall–Kier alpha value is -1.03. The number of phenols is 1. The van der Waals surface area contributed by atoms with Crippen LogP contribution >= 0.6 is 11.8 Å². The minimum absolute atomic E-state index is 0.213. The van der Waals surface area contributed by atoms with E-state index in [4.69, 9.17) is 9.47 Å². The summed E-state index contributed by atoms with van der Waals surface area (Å²) < 4.78 is 10.1. The van der Waals surface area contributed by atoms with E-state index in [0.29, 0.717) is 11.5 Å². The Bertz CT molecular complexity index is 299. The van der Waals surface area contributed by atoms with Gasteiger partial charge in [0.05, 0.1) is 19.1 Å². The smallest absolute Gasteiger partial charge is 0.164 e. The lowest BCUT2D eigenvalue weighted by Crippen LogP contribution is -1.90. The Morgan fingerprint density at radius 1 is 1.15 bits per heavy atom. The maximum atomic E-state index is 9.49. The van der Waals surface area contributed by atoms with E-state index >= 15 is 0 Å². The number of hydrogen-bond donors (Lipinski definition) is 1. The zero-order chi connectivity index (χ0) is 9.84. The molecule has 0 bridgehead atoms. The predicted molar refractivity (Wildman–Crippen MR) is 53.0 cm³/mol. The Kier molecular flexibility index (Phi) is 3.31. The summed E-state index contributed by atoms with van der Waals surface area (Å²) in [5.74, 6) is 1.38. The number of methoxy groups -OCH3 is 2. The standard InChI is InChI=1S/C9H12O3S/c1-11-7-4-6(10)9(13-3)5-8(7)12-2/h4-5,10H,1-3H3. The molecule has 0 aliphatic carbocycles. The number of benzene rings is 1. The molecule has 1 aromatic carbocycles. The first-order valence-corrected chi connectivity index (χ1v) is 4.94. The molecule has 0 saturated carbocycles. The van der Waals surface area contributed by atoms with Gasteiger partial charge in [-0.25, -0.2) is 0 Å². The summed E-state index contributed by atoms with van der Waals surface area (Å²) in [7, 11) is 3.11. The van der Waals surface area contributed by atoms with Gasteiger partial charge in [-0.3, -0.25) is 0 Å². The normalized spacial score (nSPS) is 9.77. The van der Waals surface area contributed by atoms with Gasteiger partial charge in [0.25, 0.3) is 0 Å². The molecule has 0 aliphatic rings. The van der Waals surface area contributed by atoms with Crippen LogP contribution in [0.1, 0.15) is 0 Å². The molecule has 1 aromatic rings. The summed E-state index contributed by atoms with van der Waals surface area (Å²) in [6.45, 7) is 0. The fourth-order valence-electron chi connectivity index (χ4n) is 1.01. The van der Waals surface area contributed by atoms with Gasteiger partial charge in [0.1, 0.15) is 5.75 Å². The molecule has 72 valence electrons. The van der Waals surface area contributed by atoms with E-state index in [9.17, 15) is 5.11 Å². The van der Waals surface area contributed by atoms with E-state index in [1.807, 2.05) is 6.26 Å². The first-order valence-electron chi connectivity index (χ1n) is 3.72. The highest BCUT2D eigenvalue weighted by Crippen LogP contribution is 2.37. The number of rotatable bonds is 3. The van der Waals surface area contributed by atoms with Crippen LogP contribution in [0.15, 0.2) is 17.0 Å². The SMILES string of the molecule is COc1cc(O)c(SC)cc1OC. The van der Waals surface area contributed by atoms with Gasteiger partial charge in [-0.2, -0.15) is 0 Å². The summed E-state index contributed by atoms with van der Waals surface area (Å²) in [4.78, 5) is 0.776. The fourth-order valence-corrected chi connectivity index (χ4v) is 1.51. The molecule has 0 aromatic heterocycles. The zero-order valence-electron chi connectivity index (χ0n) is 7.83. The quantitative estimate of drug-likeness (QED) is 0.759. The number of phenolic OH excluding ortho intramolecular Hbond substituents is 1. The fraction of sp³-hybridized carbons (Fsp3) is 0.333. The molecule has 0 unspecified atom stereocenters. The second-order valence-electron chi connectivity index (χ2n) is 2.38. The molecule has 4 heteroatoms. The Balaban J connectivity index is 3.18. The van der Waals surface area contributed by atoms with Crippen LogP contribution in [0.4, 0.5) is 0 Å². The van der Waals surface area contributed by atoms with Crippen molar-refractivity contribution in [2.45, 2.75) is 4.90 Å². The molecule has 0 aliphatic heterocycles. The van der Waals surface area contributed by atoms with Gasteiger partial charge in [0, 0.05) is 12.1 Å². The third-order valence-corrected chi connectivity index (χ3v) is 2.45. The average Bonchev–Trinajstić information content (AvgIpc) is 2.17. The maximum Gasteiger partial charge on any atom is 0.164 e. The van der Waals surface area contributed by atoms with Crippen LogP contribution in [0.5, 0.6) is 17.2 Å². The van der Waals surface area contributed by atoms with Crippen LogP contribution in [-0.2, 0) is 0 Å². The molecule has 3 nitrogen and oxygen atoms in total. The van der Waals surface area contributed by atoms with E-state index in [-0.39, 0.29) is 5.75 Å². The van der Waals surface area contributed by atoms with Crippen LogP contribution < -0.4 is 9.47 Å². The van der Waals surface area contributed by atoms with Gasteiger partial charge >= 0.3 is 0 Å². The minimum Gasteiger partial charge on any atom is -0.507 e. The van der Waals surface area contributed by atoms with Crippen molar-refractivity contribution in [1.29, 1.82) is 0 Å². The van der Waals surface area contributed by atoms with Crippen molar-refractivity contribution in [3.8, 4) is 17.2 Å². The number of thioether (sulfide) groups is 1. The molecule has 0 atom stereocenters. The molecule has 0 heterocycles. The van der Waals surface area contributed by atoms with Crippen LogP contribution in [0.3, 0.4) is 0 Å². The Labute approximate surface area is 81.7 Å². The Morgan fingerprint density at radius 2 is 1.69 bits per heavy atom. The molecule has 0 fully saturated rings. The number of ether oxygens (including phenoxy) is 2. The van der Waals surface area contributed by atoms with Crippen molar-refractivity contribution < 1.29 is 14.6 Å². The minimum atomic E-state index is 0.213. The zero-order valence-corrected chi connectivity index (χ0v) is 8.64. The lowest BCUT2D eigenvalue weighted by Gasteiger charge is -2.09. The monoisotopic (exact) mass is 200 g/mol. The average molecular weight is 200 g/mol. The van der Waals surface area contributed by atoms with Crippen LogP contribution in [-0.4, -0.2) is 25.6 Å². The molecule has 1 N–H and O–H groups in total. The van der Waals surface area contributed by atoms with Crippen LogP contribution in [0.25, 0.3) is 0 Å². The van der Waals surface area contributed by atoms with Gasteiger partial charge < -0.3 is 14.6 Å². The van der Waals surface area contributed by atoms with Gasteiger partial charge in [-0.05, 0) is 6.26 Å². The van der Waals surface area contributed by atoms with E-state index in [2.05, 4.69) is 0 Å². The van der Waals surface area contributed by atoms with E-state index < -0.39 is 0 Å². The summed E-state index contributed by atoms with van der Waals surface area (Å²) in [5, 5.41) is 9.49. The molecule has 0 amide bonds. The van der Waals surface area contributed by atoms with Crippen molar-refractivity contribution in [1.82, 2.24) is 0 Å². The van der Waals surface area contributed by atoms with Gasteiger partial charge in [-0.1, -0.05) is 0 Å². The second kappa shape index (κ2) is 4.28. The van der Waals surface area contributed by atoms with E-state index in [0.717, 1.165) is 4.90 Å². The number of aromatic hydroxyl groups is 1. The van der Waals surface area contributed by atoms with Crippen molar-refractivity contribution in [2.75, 3.05) is 20.5 Å². The number of hydrogen-bond acceptors (Lipinski definition) is 4. The molecular formula is C9H12O3S. The van der Waals surface area contributed by atoms with Crippen molar-refractivity contribution in [3.63, 3.8) is 0 Å². The highest BCUT2D eigenvalue weighted by molar-refractivity contribution is 7.98. The van der Waals surface area contributed by atoms with E-state index in [1.165, 1.54) is 18.9 Å². The molecule has 13 heavy (non-hydrogen) atoms. The highest BCUT2D eigenvalue weighted by atomic mass is 32.2. The van der Waals surface area contributed by atoms with Crippen molar-refractivity contribution in [3.05, 3.63) is 12.1 Å². The highest BCUT2D eigenvalue weighted by Gasteiger charge is 2.08. The molecule has 1 rings (SSSR count). The van der Waals surface area contributed by atoms with Gasteiger partial charge in [0.15, 0.2) is 11.5 Å². The lowest BCUT2D eigenvalue weighted by atomic mass is 10.3. The second-order valence-corrected chi connectivity index (χ2v) is 3.23. The largest absolute Gasteiger partial charge is 0.507 e. The van der Waals surface area contributed by atoms with Crippen molar-refractivity contribution >= 4 is 11.8 Å². The van der Waals surface area contributed by atoms with Crippen molar-refractivity contribution in [2.24, 2.45) is 0 Å². The van der Waals surface area contributed by atoms with Gasteiger partial charge in [-0.15, -0.1) is 11.8 Å². The topological polar surface area (TPSA) is 38.7 Å². The molecule has 0 saturated heterocycles. The molecule has 0 spiro atoms. The lowest BCUT2D eigenvalue weighted by molar-refractivity contribution is 0.349. The van der Waals surface area contributed by atoms with Gasteiger partial charge in [0.2, 0.25) is 0 Å². The summed E-state index contributed by atoms with van der Waals surface area (Å²) in [6, 6.07) is 3.30. The van der Waals surface area contributed by atoms with E-state index in [1.54, 1.807) is 19.2 Å². The summed E-state index contributed by atoms with van der Waals surface area (Å²) >= 11 is 1.46. The molecular weight excluding hydrogens is 188 g/mol. The molecule has 0 radical (unpaired) electrons. The first kappa shape index (κ1) is 10.1. The first-order chi connectivity index (χ1) is 6.22. The Morgan fingerprint density at radius 3 is 2.15 bits per heavy atom. The van der Waals surface area contributed by atoms with Crippen LogP contribution in [0, 0.1) is 0 Å². The maximum absolute atomic E-state index is 9.49. The third kappa shape index (κ3) is 2.01.